The predicted octanol–water partition coefficient (Wildman–Crippen LogP) is 2.53. The van der Waals surface area contributed by atoms with Gasteiger partial charge in [-0.3, -0.25) is 14.2 Å². The van der Waals surface area contributed by atoms with Crippen LogP contribution in [0.1, 0.15) is 33.0 Å². The Labute approximate surface area is 151 Å². The number of nitrogens with one attached hydrogen (secondary N) is 1. The van der Waals surface area contributed by atoms with Gasteiger partial charge in [-0.25, -0.2) is 0 Å². The summed E-state index contributed by atoms with van der Waals surface area (Å²) in [5.41, 5.74) is 0.955. The maximum absolute atomic E-state index is 12.7. The van der Waals surface area contributed by atoms with E-state index in [9.17, 15) is 9.59 Å². The first kappa shape index (κ1) is 17.8. The Morgan fingerprint density at radius 2 is 2.08 bits per heavy atom. The summed E-state index contributed by atoms with van der Waals surface area (Å²) in [4.78, 5) is 29.3. The Hall–Kier alpha value is -2.96. The van der Waals surface area contributed by atoms with Crippen LogP contribution in [0.4, 0.5) is 0 Å². The molecule has 0 saturated heterocycles. The standard InChI is InChI=1S/C19H22N4O3/c1-4-12(3)20-17(24)11-23-15-9-7-6-8-13(15)14(10-18(23)25)19-21-16(5-2)22-26-19/h6-10,12H,4-5,11H2,1-3H3,(H,20,24)/t12-/m0/s1. The highest BCUT2D eigenvalue weighted by atomic mass is 16.5. The van der Waals surface area contributed by atoms with Crippen molar-refractivity contribution < 1.29 is 9.32 Å². The van der Waals surface area contributed by atoms with Crippen molar-refractivity contribution in [2.24, 2.45) is 0 Å². The van der Waals surface area contributed by atoms with Crippen molar-refractivity contribution in [2.75, 3.05) is 0 Å². The van der Waals surface area contributed by atoms with Crippen LogP contribution in [0.2, 0.25) is 0 Å². The van der Waals surface area contributed by atoms with Crippen molar-refractivity contribution in [1.82, 2.24) is 20.0 Å². The van der Waals surface area contributed by atoms with E-state index in [1.807, 2.05) is 45.0 Å². The minimum absolute atomic E-state index is 0.0337. The summed E-state index contributed by atoms with van der Waals surface area (Å²) in [5.74, 6) is 0.706. The van der Waals surface area contributed by atoms with E-state index in [1.54, 1.807) is 0 Å². The summed E-state index contributed by atoms with van der Waals surface area (Å²) >= 11 is 0. The number of fused-ring (bicyclic) bond motifs is 1. The third kappa shape index (κ3) is 3.51. The lowest BCUT2D eigenvalue weighted by molar-refractivity contribution is -0.122. The largest absolute Gasteiger partial charge is 0.352 e. The molecule has 0 spiro atoms. The molecule has 0 saturated carbocycles. The molecule has 0 bridgehead atoms. The minimum Gasteiger partial charge on any atom is -0.352 e. The monoisotopic (exact) mass is 354 g/mol. The number of amides is 1. The molecule has 1 amide bonds. The molecule has 136 valence electrons. The van der Waals surface area contributed by atoms with E-state index in [4.69, 9.17) is 4.52 Å². The lowest BCUT2D eigenvalue weighted by Gasteiger charge is -2.14. The molecular formula is C19H22N4O3. The lowest BCUT2D eigenvalue weighted by atomic mass is 10.1. The molecule has 7 heteroatoms. The van der Waals surface area contributed by atoms with Gasteiger partial charge in [0.2, 0.25) is 5.91 Å². The molecule has 0 fully saturated rings. The van der Waals surface area contributed by atoms with Crippen molar-refractivity contribution >= 4 is 16.8 Å². The van der Waals surface area contributed by atoms with Crippen LogP contribution in [0.3, 0.4) is 0 Å². The number of pyridine rings is 1. The fraction of sp³-hybridized carbons (Fsp3) is 0.368. The summed E-state index contributed by atoms with van der Waals surface area (Å²) in [7, 11) is 0. The van der Waals surface area contributed by atoms with Crippen molar-refractivity contribution in [3.8, 4) is 11.5 Å². The zero-order valence-electron chi connectivity index (χ0n) is 15.2. The van der Waals surface area contributed by atoms with E-state index in [0.29, 0.717) is 29.2 Å². The zero-order chi connectivity index (χ0) is 18.7. The van der Waals surface area contributed by atoms with Crippen LogP contribution < -0.4 is 10.9 Å². The van der Waals surface area contributed by atoms with E-state index in [-0.39, 0.29) is 24.1 Å². The highest BCUT2D eigenvalue weighted by Gasteiger charge is 2.17. The van der Waals surface area contributed by atoms with Crippen LogP contribution in [0, 0.1) is 0 Å². The number of nitrogens with zero attached hydrogens (tertiary/aromatic N) is 3. The van der Waals surface area contributed by atoms with Crippen molar-refractivity contribution in [3.05, 3.63) is 46.5 Å². The average molecular weight is 354 g/mol. The van der Waals surface area contributed by atoms with Gasteiger partial charge >= 0.3 is 0 Å². The number of hydrogen-bond acceptors (Lipinski definition) is 5. The molecule has 1 N–H and O–H groups in total. The molecule has 2 heterocycles. The number of aryl methyl sites for hydroxylation is 1. The summed E-state index contributed by atoms with van der Waals surface area (Å²) in [6.45, 7) is 5.83. The van der Waals surface area contributed by atoms with Gasteiger partial charge in [0, 0.05) is 23.9 Å². The second-order valence-corrected chi connectivity index (χ2v) is 6.25. The Balaban J connectivity index is 2.07. The van der Waals surface area contributed by atoms with Gasteiger partial charge in [-0.1, -0.05) is 37.2 Å². The fourth-order valence-corrected chi connectivity index (χ4v) is 2.75. The number of carbonyl (C=O) groups is 1. The highest BCUT2D eigenvalue weighted by Crippen LogP contribution is 2.26. The number of benzene rings is 1. The normalized spacial score (nSPS) is 12.3. The summed E-state index contributed by atoms with van der Waals surface area (Å²) in [5, 5.41) is 7.58. The third-order valence-corrected chi connectivity index (χ3v) is 4.36. The summed E-state index contributed by atoms with van der Waals surface area (Å²) in [6.07, 6.45) is 1.48. The molecule has 2 aromatic heterocycles. The van der Waals surface area contributed by atoms with Gasteiger partial charge in [0.1, 0.15) is 6.54 Å². The molecule has 1 atom stereocenters. The lowest BCUT2D eigenvalue weighted by Crippen LogP contribution is -2.37. The molecular weight excluding hydrogens is 332 g/mol. The average Bonchev–Trinajstić information content (AvgIpc) is 3.12. The second-order valence-electron chi connectivity index (χ2n) is 6.25. The van der Waals surface area contributed by atoms with E-state index in [0.717, 1.165) is 11.8 Å². The van der Waals surface area contributed by atoms with Crippen LogP contribution in [-0.2, 0) is 17.8 Å². The number of hydrogen-bond donors (Lipinski definition) is 1. The summed E-state index contributed by atoms with van der Waals surface area (Å²) in [6, 6.07) is 8.91. The Morgan fingerprint density at radius 3 is 2.77 bits per heavy atom. The van der Waals surface area contributed by atoms with E-state index in [1.165, 1.54) is 10.6 Å². The number of aromatic nitrogens is 3. The van der Waals surface area contributed by atoms with E-state index < -0.39 is 0 Å². The SMILES string of the molecule is CCc1noc(-c2cc(=O)n(CC(=O)N[C@@H](C)CC)c3ccccc23)n1. The molecule has 0 unspecified atom stereocenters. The van der Waals surface area contributed by atoms with Crippen LogP contribution in [0.15, 0.2) is 39.6 Å². The van der Waals surface area contributed by atoms with Gasteiger partial charge in [0.25, 0.3) is 11.4 Å². The van der Waals surface area contributed by atoms with Gasteiger partial charge in [-0.2, -0.15) is 4.98 Å². The van der Waals surface area contributed by atoms with Gasteiger partial charge in [-0.15, -0.1) is 0 Å². The predicted molar refractivity (Wildman–Crippen MR) is 98.8 cm³/mol. The van der Waals surface area contributed by atoms with Crippen LogP contribution >= 0.6 is 0 Å². The van der Waals surface area contributed by atoms with Crippen LogP contribution in [0.5, 0.6) is 0 Å². The molecule has 0 aliphatic heterocycles. The fourth-order valence-electron chi connectivity index (χ4n) is 2.75. The van der Waals surface area contributed by atoms with Gasteiger partial charge in [0.15, 0.2) is 5.82 Å². The van der Waals surface area contributed by atoms with E-state index >= 15 is 0 Å². The maximum atomic E-state index is 12.7. The molecule has 3 aromatic rings. The minimum atomic E-state index is -0.283. The smallest absolute Gasteiger partial charge is 0.258 e. The van der Waals surface area contributed by atoms with Gasteiger partial charge in [-0.05, 0) is 19.4 Å². The molecule has 7 nitrogen and oxygen atoms in total. The van der Waals surface area contributed by atoms with E-state index in [2.05, 4.69) is 15.5 Å². The first-order chi connectivity index (χ1) is 12.5. The number of rotatable bonds is 6. The quantitative estimate of drug-likeness (QED) is 0.735. The molecule has 1 aromatic carbocycles. The van der Waals surface area contributed by atoms with Crippen molar-refractivity contribution in [1.29, 1.82) is 0 Å². The number of para-hydroxylation sites is 1. The van der Waals surface area contributed by atoms with Crippen LogP contribution in [-0.4, -0.2) is 26.7 Å². The second kappa shape index (κ2) is 7.51. The van der Waals surface area contributed by atoms with Crippen LogP contribution in [0.25, 0.3) is 22.4 Å². The molecule has 3 rings (SSSR count). The topological polar surface area (TPSA) is 90.0 Å². The van der Waals surface area contributed by atoms with Gasteiger partial charge < -0.3 is 9.84 Å². The molecule has 26 heavy (non-hydrogen) atoms. The Bertz CT molecular complexity index is 990. The first-order valence-electron chi connectivity index (χ1n) is 8.78. The Morgan fingerprint density at radius 1 is 1.31 bits per heavy atom. The zero-order valence-corrected chi connectivity index (χ0v) is 15.2. The molecule has 0 radical (unpaired) electrons. The highest BCUT2D eigenvalue weighted by molar-refractivity contribution is 5.93. The summed E-state index contributed by atoms with van der Waals surface area (Å²) < 4.78 is 6.77. The molecule has 0 aliphatic rings. The Kier molecular flexibility index (Phi) is 5.16. The number of carbonyl (C=O) groups excluding carboxylic acids is 1. The third-order valence-electron chi connectivity index (χ3n) is 4.36. The molecule has 0 aliphatic carbocycles. The first-order valence-corrected chi connectivity index (χ1v) is 8.78. The van der Waals surface area contributed by atoms with Gasteiger partial charge in [0.05, 0.1) is 11.1 Å². The van der Waals surface area contributed by atoms with Crippen molar-refractivity contribution in [2.45, 2.75) is 46.2 Å². The van der Waals surface area contributed by atoms with Crippen molar-refractivity contribution in [3.63, 3.8) is 0 Å². The maximum Gasteiger partial charge on any atom is 0.258 e.